The van der Waals surface area contributed by atoms with Gasteiger partial charge >= 0.3 is 0 Å². The van der Waals surface area contributed by atoms with Gasteiger partial charge in [-0.2, -0.15) is 4.68 Å². The maximum absolute atomic E-state index is 11.0. The first kappa shape index (κ1) is 10.7. The maximum atomic E-state index is 11.0. The maximum Gasteiger partial charge on any atom is 0.271 e. The van der Waals surface area contributed by atoms with Crippen LogP contribution in [0.2, 0.25) is 0 Å². The first-order valence-electron chi connectivity index (χ1n) is 4.67. The minimum Gasteiger partial charge on any atom is -0.364 e. The molecule has 16 heavy (non-hydrogen) atoms. The highest BCUT2D eigenvalue weighted by Gasteiger charge is 2.16. The Balaban J connectivity index is 2.53. The number of nitrogens with two attached hydrogens (primary N) is 1. The van der Waals surface area contributed by atoms with E-state index in [1.54, 1.807) is 6.92 Å². The molecule has 0 saturated carbocycles. The normalized spacial score (nSPS) is 10.7. The van der Waals surface area contributed by atoms with E-state index in [0.717, 1.165) is 10.6 Å². The van der Waals surface area contributed by atoms with Crippen molar-refractivity contribution in [1.82, 2.24) is 20.0 Å². The number of thiazole rings is 1. The van der Waals surface area contributed by atoms with Crippen LogP contribution in [0.1, 0.15) is 26.8 Å². The molecule has 84 valence electrons. The minimum atomic E-state index is -0.575. The Bertz CT molecular complexity index is 537. The molecule has 0 fully saturated rings. The Labute approximate surface area is 96.1 Å². The molecule has 0 spiro atoms. The number of hydrogen-bond acceptors (Lipinski definition) is 5. The summed E-state index contributed by atoms with van der Waals surface area (Å²) in [4.78, 5) is 16.5. The lowest BCUT2D eigenvalue weighted by molar-refractivity contribution is 0.0995. The molecule has 0 bridgehead atoms. The first-order valence-corrected chi connectivity index (χ1v) is 5.49. The van der Waals surface area contributed by atoms with Gasteiger partial charge in [0.1, 0.15) is 0 Å². The van der Waals surface area contributed by atoms with Gasteiger partial charge in [0.15, 0.2) is 5.69 Å². The highest BCUT2D eigenvalue weighted by molar-refractivity contribution is 7.14. The van der Waals surface area contributed by atoms with Gasteiger partial charge in [-0.3, -0.25) is 4.79 Å². The van der Waals surface area contributed by atoms with Crippen LogP contribution < -0.4 is 5.73 Å². The third-order valence-electron chi connectivity index (χ3n) is 2.33. The van der Waals surface area contributed by atoms with Crippen molar-refractivity contribution in [1.29, 1.82) is 0 Å². The fourth-order valence-corrected chi connectivity index (χ4v) is 2.19. The molecule has 2 aromatic rings. The monoisotopic (exact) mass is 237 g/mol. The van der Waals surface area contributed by atoms with Crippen LogP contribution in [-0.2, 0) is 0 Å². The van der Waals surface area contributed by atoms with E-state index < -0.39 is 5.91 Å². The van der Waals surface area contributed by atoms with Gasteiger partial charge in [-0.15, -0.1) is 5.10 Å². The van der Waals surface area contributed by atoms with Crippen molar-refractivity contribution in [3.63, 3.8) is 0 Å². The zero-order valence-electron chi connectivity index (χ0n) is 9.18. The summed E-state index contributed by atoms with van der Waals surface area (Å²) < 4.78 is 1.53. The molecule has 6 nitrogen and oxygen atoms in total. The Hall–Kier alpha value is -1.76. The van der Waals surface area contributed by atoms with Crippen molar-refractivity contribution in [3.8, 4) is 5.13 Å². The van der Waals surface area contributed by atoms with Crippen LogP contribution in [0.25, 0.3) is 5.13 Å². The van der Waals surface area contributed by atoms with Gasteiger partial charge < -0.3 is 5.73 Å². The van der Waals surface area contributed by atoms with E-state index in [9.17, 15) is 4.79 Å². The van der Waals surface area contributed by atoms with Crippen molar-refractivity contribution in [2.45, 2.75) is 20.8 Å². The van der Waals surface area contributed by atoms with E-state index in [1.807, 2.05) is 13.8 Å². The largest absolute Gasteiger partial charge is 0.364 e. The Kier molecular flexibility index (Phi) is 2.47. The molecular weight excluding hydrogens is 226 g/mol. The number of primary amides is 1. The van der Waals surface area contributed by atoms with E-state index in [4.69, 9.17) is 5.73 Å². The summed E-state index contributed by atoms with van der Waals surface area (Å²) >= 11 is 1.50. The van der Waals surface area contributed by atoms with Crippen LogP contribution in [-0.4, -0.2) is 25.9 Å². The fourth-order valence-electron chi connectivity index (χ4n) is 1.28. The first-order chi connectivity index (χ1) is 7.50. The molecule has 0 aliphatic carbocycles. The second-order valence-corrected chi connectivity index (χ2v) is 4.62. The number of rotatable bonds is 2. The molecule has 0 aliphatic heterocycles. The van der Waals surface area contributed by atoms with Crippen molar-refractivity contribution in [2.75, 3.05) is 0 Å². The quantitative estimate of drug-likeness (QED) is 0.834. The topological polar surface area (TPSA) is 86.7 Å². The number of carbonyl (C=O) groups is 1. The lowest BCUT2D eigenvalue weighted by Gasteiger charge is -1.96. The van der Waals surface area contributed by atoms with Crippen molar-refractivity contribution >= 4 is 17.2 Å². The Morgan fingerprint density at radius 1 is 1.38 bits per heavy atom. The number of amides is 1. The average Bonchev–Trinajstić information content (AvgIpc) is 2.71. The third kappa shape index (κ3) is 1.58. The van der Waals surface area contributed by atoms with Gasteiger partial charge in [0.25, 0.3) is 5.91 Å². The predicted molar refractivity (Wildman–Crippen MR) is 59.8 cm³/mol. The molecule has 0 atom stereocenters. The molecule has 2 aromatic heterocycles. The molecule has 0 aromatic carbocycles. The summed E-state index contributed by atoms with van der Waals surface area (Å²) in [6.07, 6.45) is 0. The fraction of sp³-hybridized carbons (Fsp3) is 0.333. The summed E-state index contributed by atoms with van der Waals surface area (Å²) in [6, 6.07) is 0. The molecule has 1 amide bonds. The van der Waals surface area contributed by atoms with Gasteiger partial charge in [0, 0.05) is 4.88 Å². The predicted octanol–water partition coefficient (Wildman–Crippen LogP) is 0.748. The lowest BCUT2D eigenvalue weighted by atomic mass is 10.3. The van der Waals surface area contributed by atoms with Gasteiger partial charge in [0.2, 0.25) is 5.13 Å². The van der Waals surface area contributed by atoms with Crippen LogP contribution >= 0.6 is 11.3 Å². The number of carbonyl (C=O) groups excluding carboxylic acids is 1. The molecule has 0 unspecified atom stereocenters. The van der Waals surface area contributed by atoms with Crippen LogP contribution in [0.4, 0.5) is 0 Å². The van der Waals surface area contributed by atoms with Crippen LogP contribution in [0.3, 0.4) is 0 Å². The van der Waals surface area contributed by atoms with Crippen molar-refractivity contribution < 1.29 is 4.79 Å². The number of aryl methyl sites for hydroxylation is 2. The second-order valence-electron chi connectivity index (χ2n) is 3.44. The van der Waals surface area contributed by atoms with E-state index >= 15 is 0 Å². The van der Waals surface area contributed by atoms with E-state index in [-0.39, 0.29) is 5.69 Å². The Morgan fingerprint density at radius 2 is 2.06 bits per heavy atom. The minimum absolute atomic E-state index is 0.186. The summed E-state index contributed by atoms with van der Waals surface area (Å²) in [6.45, 7) is 5.65. The zero-order chi connectivity index (χ0) is 11.9. The average molecular weight is 237 g/mol. The van der Waals surface area contributed by atoms with Gasteiger partial charge in [-0.25, -0.2) is 4.98 Å². The third-order valence-corrected chi connectivity index (χ3v) is 3.37. The number of aromatic nitrogens is 4. The molecule has 0 aliphatic rings. The van der Waals surface area contributed by atoms with Crippen molar-refractivity contribution in [3.05, 3.63) is 22.0 Å². The van der Waals surface area contributed by atoms with E-state index in [2.05, 4.69) is 15.3 Å². The molecular formula is C9H11N5OS. The van der Waals surface area contributed by atoms with E-state index in [0.29, 0.717) is 10.8 Å². The van der Waals surface area contributed by atoms with Gasteiger partial charge in [0.05, 0.1) is 11.4 Å². The summed E-state index contributed by atoms with van der Waals surface area (Å²) in [5.41, 5.74) is 6.92. The molecule has 7 heteroatoms. The zero-order valence-corrected chi connectivity index (χ0v) is 10.00. The molecule has 2 heterocycles. The van der Waals surface area contributed by atoms with Crippen LogP contribution in [0, 0.1) is 20.8 Å². The van der Waals surface area contributed by atoms with Crippen LogP contribution in [0.15, 0.2) is 0 Å². The van der Waals surface area contributed by atoms with Gasteiger partial charge in [-0.05, 0) is 20.8 Å². The Morgan fingerprint density at radius 3 is 2.50 bits per heavy atom. The number of nitrogens with zero attached hydrogens (tertiary/aromatic N) is 4. The summed E-state index contributed by atoms with van der Waals surface area (Å²) in [5, 5.41) is 8.31. The summed E-state index contributed by atoms with van der Waals surface area (Å²) in [7, 11) is 0. The molecule has 2 rings (SSSR count). The highest BCUT2D eigenvalue weighted by atomic mass is 32.1. The lowest BCUT2D eigenvalue weighted by Crippen LogP contribution is -2.13. The second kappa shape index (κ2) is 3.67. The molecule has 0 radical (unpaired) electrons. The number of hydrogen-bond donors (Lipinski definition) is 1. The molecule has 2 N–H and O–H groups in total. The molecule has 0 saturated heterocycles. The SMILES string of the molecule is Cc1nc(-n2nnc(C(N)=O)c2C)sc1C. The van der Waals surface area contributed by atoms with Gasteiger partial charge in [-0.1, -0.05) is 16.6 Å². The summed E-state index contributed by atoms with van der Waals surface area (Å²) in [5.74, 6) is -0.575. The van der Waals surface area contributed by atoms with E-state index in [1.165, 1.54) is 16.0 Å². The highest BCUT2D eigenvalue weighted by Crippen LogP contribution is 2.21. The standard InChI is InChI=1S/C9H11N5OS/c1-4-6(3)16-9(11-4)14-5(2)7(8(10)15)12-13-14/h1-3H3,(H2,10,15). The van der Waals surface area contributed by atoms with Crippen molar-refractivity contribution in [2.24, 2.45) is 5.73 Å². The smallest absolute Gasteiger partial charge is 0.271 e. The van der Waals surface area contributed by atoms with Crippen LogP contribution in [0.5, 0.6) is 0 Å².